The molecular formula is C11H14FNO4S. The van der Waals surface area contributed by atoms with E-state index in [1.807, 2.05) is 0 Å². The molecule has 7 heteroatoms. The number of anilines is 1. The molecule has 0 bridgehead atoms. The van der Waals surface area contributed by atoms with Crippen LogP contribution in [0.3, 0.4) is 0 Å². The molecule has 18 heavy (non-hydrogen) atoms. The van der Waals surface area contributed by atoms with Gasteiger partial charge in [-0.15, -0.1) is 0 Å². The lowest BCUT2D eigenvalue weighted by atomic mass is 10.2. The van der Waals surface area contributed by atoms with E-state index in [1.54, 1.807) is 0 Å². The molecule has 0 aromatic heterocycles. The monoisotopic (exact) mass is 275 g/mol. The lowest BCUT2D eigenvalue weighted by molar-refractivity contribution is 0.0530. The molecule has 0 aliphatic rings. The fourth-order valence-corrected chi connectivity index (χ4v) is 1.81. The molecule has 1 rings (SSSR count). The van der Waals surface area contributed by atoms with Gasteiger partial charge >= 0.3 is 5.97 Å². The SMILES string of the molecule is CCS(=O)(=O)CCOC(=O)c1cc(F)ccc1N. The Morgan fingerprint density at radius 3 is 2.72 bits per heavy atom. The molecule has 2 N–H and O–H groups in total. The van der Waals surface area contributed by atoms with Crippen molar-refractivity contribution in [3.8, 4) is 0 Å². The molecule has 0 aliphatic carbocycles. The smallest absolute Gasteiger partial charge is 0.340 e. The van der Waals surface area contributed by atoms with Gasteiger partial charge in [0.15, 0.2) is 9.84 Å². The molecule has 1 aromatic rings. The topological polar surface area (TPSA) is 86.5 Å². The molecule has 1 aromatic carbocycles. The number of nitrogens with two attached hydrogens (primary N) is 1. The average molecular weight is 275 g/mol. The lowest BCUT2D eigenvalue weighted by Crippen LogP contribution is -2.17. The average Bonchev–Trinajstić information content (AvgIpc) is 2.32. The zero-order valence-corrected chi connectivity index (χ0v) is 10.7. The van der Waals surface area contributed by atoms with Crippen LogP contribution >= 0.6 is 0 Å². The summed E-state index contributed by atoms with van der Waals surface area (Å²) in [6.07, 6.45) is 0. The number of esters is 1. The minimum absolute atomic E-state index is 0.0212. The van der Waals surface area contributed by atoms with Gasteiger partial charge in [0, 0.05) is 11.4 Å². The van der Waals surface area contributed by atoms with Gasteiger partial charge in [-0.2, -0.15) is 0 Å². The second-order valence-corrected chi connectivity index (χ2v) is 6.08. The first kappa shape index (κ1) is 14.4. The molecule has 0 aliphatic heterocycles. The standard InChI is InChI=1S/C11H14FNO4S/c1-2-18(15,16)6-5-17-11(14)9-7-8(12)3-4-10(9)13/h3-4,7H,2,5-6,13H2,1H3. The Morgan fingerprint density at radius 1 is 1.44 bits per heavy atom. The maximum Gasteiger partial charge on any atom is 0.340 e. The number of carbonyl (C=O) groups excluding carboxylic acids is 1. The van der Waals surface area contributed by atoms with Crippen LogP contribution in [0.25, 0.3) is 0 Å². The maximum atomic E-state index is 12.9. The highest BCUT2D eigenvalue weighted by atomic mass is 32.2. The van der Waals surface area contributed by atoms with E-state index < -0.39 is 21.6 Å². The van der Waals surface area contributed by atoms with Gasteiger partial charge in [-0.25, -0.2) is 17.6 Å². The molecule has 0 fully saturated rings. The van der Waals surface area contributed by atoms with Crippen molar-refractivity contribution in [1.29, 1.82) is 0 Å². The van der Waals surface area contributed by atoms with Crippen molar-refractivity contribution in [3.63, 3.8) is 0 Å². The van der Waals surface area contributed by atoms with Crippen LogP contribution in [-0.4, -0.2) is 32.5 Å². The van der Waals surface area contributed by atoms with Gasteiger partial charge in [-0.3, -0.25) is 0 Å². The first-order valence-corrected chi connectivity index (χ1v) is 7.10. The van der Waals surface area contributed by atoms with Crippen molar-refractivity contribution in [3.05, 3.63) is 29.6 Å². The van der Waals surface area contributed by atoms with Crippen LogP contribution in [0.15, 0.2) is 18.2 Å². The first-order valence-electron chi connectivity index (χ1n) is 5.28. The Kier molecular flexibility index (Phi) is 4.66. The highest BCUT2D eigenvalue weighted by Crippen LogP contribution is 2.14. The molecule has 0 heterocycles. The predicted octanol–water partition coefficient (Wildman–Crippen LogP) is 0.999. The summed E-state index contributed by atoms with van der Waals surface area (Å²) < 4.78 is 40.0. The summed E-state index contributed by atoms with van der Waals surface area (Å²) in [6, 6.07) is 3.31. The highest BCUT2D eigenvalue weighted by molar-refractivity contribution is 7.91. The summed E-state index contributed by atoms with van der Waals surface area (Å²) in [7, 11) is -3.20. The van der Waals surface area contributed by atoms with Crippen LogP contribution in [-0.2, 0) is 14.6 Å². The van der Waals surface area contributed by atoms with Crippen LogP contribution in [0.4, 0.5) is 10.1 Å². The fraction of sp³-hybridized carbons (Fsp3) is 0.364. The number of hydrogen-bond donors (Lipinski definition) is 1. The summed E-state index contributed by atoms with van der Waals surface area (Å²) in [4.78, 5) is 11.5. The van der Waals surface area contributed by atoms with E-state index in [2.05, 4.69) is 0 Å². The number of nitrogen functional groups attached to an aromatic ring is 1. The number of halogens is 1. The maximum absolute atomic E-state index is 12.9. The van der Waals surface area contributed by atoms with Crippen molar-refractivity contribution in [2.24, 2.45) is 0 Å². The van der Waals surface area contributed by atoms with Crippen molar-refractivity contribution in [1.82, 2.24) is 0 Å². The van der Waals surface area contributed by atoms with Crippen LogP contribution < -0.4 is 5.73 Å². The minimum atomic E-state index is -3.20. The van der Waals surface area contributed by atoms with E-state index in [1.165, 1.54) is 13.0 Å². The van der Waals surface area contributed by atoms with Gasteiger partial charge in [0.1, 0.15) is 12.4 Å². The molecule has 100 valence electrons. The highest BCUT2D eigenvalue weighted by Gasteiger charge is 2.14. The quantitative estimate of drug-likeness (QED) is 0.640. The Hall–Kier alpha value is -1.63. The van der Waals surface area contributed by atoms with Crippen molar-refractivity contribution < 1.29 is 22.3 Å². The van der Waals surface area contributed by atoms with Gasteiger partial charge in [0.2, 0.25) is 0 Å². The van der Waals surface area contributed by atoms with Crippen LogP contribution in [0.5, 0.6) is 0 Å². The lowest BCUT2D eigenvalue weighted by Gasteiger charge is -2.07. The molecular weight excluding hydrogens is 261 g/mol. The molecule has 0 amide bonds. The molecule has 0 saturated heterocycles. The minimum Gasteiger partial charge on any atom is -0.461 e. The predicted molar refractivity (Wildman–Crippen MR) is 65.4 cm³/mol. The molecule has 5 nitrogen and oxygen atoms in total. The zero-order valence-electron chi connectivity index (χ0n) is 9.85. The third-order valence-electron chi connectivity index (χ3n) is 2.30. The Bertz CT molecular complexity index is 542. The third kappa shape index (κ3) is 3.99. The largest absolute Gasteiger partial charge is 0.461 e. The van der Waals surface area contributed by atoms with Gasteiger partial charge < -0.3 is 10.5 Å². The van der Waals surface area contributed by atoms with Crippen molar-refractivity contribution >= 4 is 21.5 Å². The summed E-state index contributed by atoms with van der Waals surface area (Å²) in [6.45, 7) is 1.23. The van der Waals surface area contributed by atoms with Crippen LogP contribution in [0, 0.1) is 5.82 Å². The van der Waals surface area contributed by atoms with Crippen molar-refractivity contribution in [2.75, 3.05) is 23.8 Å². The molecule has 0 unspecified atom stereocenters. The third-order valence-corrected chi connectivity index (χ3v) is 3.97. The van der Waals surface area contributed by atoms with Crippen molar-refractivity contribution in [2.45, 2.75) is 6.92 Å². The molecule has 0 spiro atoms. The van der Waals surface area contributed by atoms with Gasteiger partial charge in [-0.1, -0.05) is 6.92 Å². The van der Waals surface area contributed by atoms with E-state index in [9.17, 15) is 17.6 Å². The van der Waals surface area contributed by atoms with E-state index >= 15 is 0 Å². The normalized spacial score (nSPS) is 11.2. The number of carbonyl (C=O) groups is 1. The zero-order chi connectivity index (χ0) is 13.8. The van der Waals surface area contributed by atoms with E-state index in [0.717, 1.165) is 12.1 Å². The molecule has 0 atom stereocenters. The van der Waals surface area contributed by atoms with E-state index in [-0.39, 0.29) is 29.4 Å². The van der Waals surface area contributed by atoms with E-state index in [4.69, 9.17) is 10.5 Å². The van der Waals surface area contributed by atoms with Gasteiger partial charge in [-0.05, 0) is 18.2 Å². The first-order chi connectivity index (χ1) is 8.35. The number of sulfone groups is 1. The molecule has 0 radical (unpaired) electrons. The second kappa shape index (κ2) is 5.81. The van der Waals surface area contributed by atoms with Gasteiger partial charge in [0.25, 0.3) is 0 Å². The summed E-state index contributed by atoms with van der Waals surface area (Å²) in [5, 5.41) is 0. The van der Waals surface area contributed by atoms with E-state index in [0.29, 0.717) is 0 Å². The Balaban J connectivity index is 2.64. The Morgan fingerprint density at radius 2 is 2.11 bits per heavy atom. The number of benzene rings is 1. The second-order valence-electron chi connectivity index (χ2n) is 3.60. The van der Waals surface area contributed by atoms with Crippen LogP contribution in [0.1, 0.15) is 17.3 Å². The summed E-state index contributed by atoms with van der Waals surface area (Å²) in [5.74, 6) is -1.73. The summed E-state index contributed by atoms with van der Waals surface area (Å²) in [5.41, 5.74) is 5.46. The van der Waals surface area contributed by atoms with Crippen LogP contribution in [0.2, 0.25) is 0 Å². The summed E-state index contributed by atoms with van der Waals surface area (Å²) >= 11 is 0. The molecule has 0 saturated carbocycles. The van der Waals surface area contributed by atoms with Gasteiger partial charge in [0.05, 0.1) is 11.3 Å². The number of hydrogen-bond acceptors (Lipinski definition) is 5. The number of rotatable bonds is 5. The number of ether oxygens (including phenoxy) is 1. The fourth-order valence-electron chi connectivity index (χ4n) is 1.19. The Labute approximate surface area is 105 Å².